The lowest BCUT2D eigenvalue weighted by Crippen LogP contribution is -2.14. The molecule has 0 amide bonds. The van der Waals surface area contributed by atoms with E-state index in [-0.39, 0.29) is 5.75 Å². The van der Waals surface area contributed by atoms with Gasteiger partial charge in [0.15, 0.2) is 0 Å². The van der Waals surface area contributed by atoms with Crippen molar-refractivity contribution in [1.82, 2.24) is 4.98 Å². The summed E-state index contributed by atoms with van der Waals surface area (Å²) < 4.78 is 4.98. The molecule has 0 saturated heterocycles. The minimum absolute atomic E-state index is 0.234. The van der Waals surface area contributed by atoms with Gasteiger partial charge in [-0.15, -0.1) is 0 Å². The number of phenols is 1. The quantitative estimate of drug-likeness (QED) is 0.861. The van der Waals surface area contributed by atoms with Crippen LogP contribution in [0, 0.1) is 0 Å². The van der Waals surface area contributed by atoms with E-state index in [0.29, 0.717) is 18.7 Å². The number of aliphatic hydroxyl groups excluding tert-OH is 1. The smallest absolute Gasteiger partial charge is 0.212 e. The molecule has 1 aromatic heterocycles. The predicted molar refractivity (Wildman–Crippen MR) is 72.3 cm³/mol. The molecular formula is C15H17NO3. The van der Waals surface area contributed by atoms with Gasteiger partial charge < -0.3 is 14.9 Å². The van der Waals surface area contributed by atoms with Gasteiger partial charge in [-0.1, -0.05) is 18.2 Å². The van der Waals surface area contributed by atoms with Gasteiger partial charge in [0.25, 0.3) is 0 Å². The number of aliphatic hydroxyl groups is 1. The summed E-state index contributed by atoms with van der Waals surface area (Å²) in [5.41, 5.74) is 1.96. The standard InChI is InChI=1S/C15H17NO3/c1-19-15-7-4-12(10-16-15)9-14(18)8-11-2-5-13(17)6-3-11/h2-7,10,14,17-18H,8-9H2,1H3. The minimum atomic E-state index is -0.472. The number of aromatic hydroxyl groups is 1. The summed E-state index contributed by atoms with van der Waals surface area (Å²) in [5, 5.41) is 19.2. The fourth-order valence-corrected chi connectivity index (χ4v) is 1.90. The number of hydrogen-bond donors (Lipinski definition) is 2. The van der Waals surface area contributed by atoms with Crippen molar-refractivity contribution in [2.24, 2.45) is 0 Å². The fourth-order valence-electron chi connectivity index (χ4n) is 1.90. The van der Waals surface area contributed by atoms with Crippen molar-refractivity contribution in [2.45, 2.75) is 18.9 Å². The summed E-state index contributed by atoms with van der Waals surface area (Å²) in [6, 6.07) is 10.5. The number of nitrogens with zero attached hydrogens (tertiary/aromatic N) is 1. The number of ether oxygens (including phenoxy) is 1. The average Bonchev–Trinajstić information content (AvgIpc) is 2.42. The monoisotopic (exact) mass is 259 g/mol. The molecule has 0 aliphatic carbocycles. The molecule has 19 heavy (non-hydrogen) atoms. The maximum absolute atomic E-state index is 10.0. The molecule has 0 saturated carbocycles. The Bertz CT molecular complexity index is 508. The van der Waals surface area contributed by atoms with Crippen molar-refractivity contribution in [1.29, 1.82) is 0 Å². The highest BCUT2D eigenvalue weighted by molar-refractivity contribution is 5.26. The summed E-state index contributed by atoms with van der Waals surface area (Å²) in [6.45, 7) is 0. The maximum atomic E-state index is 10.0. The minimum Gasteiger partial charge on any atom is -0.508 e. The van der Waals surface area contributed by atoms with Crippen molar-refractivity contribution in [3.8, 4) is 11.6 Å². The Labute approximate surface area is 112 Å². The highest BCUT2D eigenvalue weighted by Gasteiger charge is 2.07. The van der Waals surface area contributed by atoms with Crippen molar-refractivity contribution in [2.75, 3.05) is 7.11 Å². The molecule has 2 N–H and O–H groups in total. The van der Waals surface area contributed by atoms with Crippen LogP contribution in [0.4, 0.5) is 0 Å². The van der Waals surface area contributed by atoms with Gasteiger partial charge in [-0.05, 0) is 29.7 Å². The molecule has 100 valence electrons. The zero-order valence-electron chi connectivity index (χ0n) is 10.8. The van der Waals surface area contributed by atoms with Crippen LogP contribution in [-0.2, 0) is 12.8 Å². The second-order valence-corrected chi connectivity index (χ2v) is 4.44. The first-order valence-corrected chi connectivity index (χ1v) is 6.12. The summed E-state index contributed by atoms with van der Waals surface area (Å²) in [5.74, 6) is 0.800. The zero-order chi connectivity index (χ0) is 13.7. The van der Waals surface area contributed by atoms with Gasteiger partial charge in [-0.3, -0.25) is 0 Å². The van der Waals surface area contributed by atoms with Crippen molar-refractivity contribution in [3.05, 3.63) is 53.7 Å². The Morgan fingerprint density at radius 1 is 1.05 bits per heavy atom. The van der Waals surface area contributed by atoms with Gasteiger partial charge in [-0.25, -0.2) is 4.98 Å². The third-order valence-electron chi connectivity index (χ3n) is 2.89. The molecule has 1 heterocycles. The third kappa shape index (κ3) is 3.96. The molecule has 4 heteroatoms. The lowest BCUT2D eigenvalue weighted by molar-refractivity contribution is 0.175. The van der Waals surface area contributed by atoms with E-state index < -0.39 is 6.10 Å². The first-order valence-electron chi connectivity index (χ1n) is 6.12. The van der Waals surface area contributed by atoms with E-state index in [2.05, 4.69) is 4.98 Å². The van der Waals surface area contributed by atoms with Crippen LogP contribution in [0.15, 0.2) is 42.6 Å². The number of aromatic nitrogens is 1. The number of phenolic OH excluding ortho intramolecular Hbond substituents is 1. The summed E-state index contributed by atoms with van der Waals surface area (Å²) in [7, 11) is 1.57. The maximum Gasteiger partial charge on any atom is 0.212 e. The normalized spacial score (nSPS) is 12.1. The van der Waals surface area contributed by atoms with Gasteiger partial charge >= 0.3 is 0 Å². The molecule has 4 nitrogen and oxygen atoms in total. The number of benzene rings is 1. The van der Waals surface area contributed by atoms with Crippen molar-refractivity contribution in [3.63, 3.8) is 0 Å². The first-order chi connectivity index (χ1) is 9.17. The Hall–Kier alpha value is -2.07. The lowest BCUT2D eigenvalue weighted by atomic mass is 10.0. The van der Waals surface area contributed by atoms with Gasteiger partial charge in [0.05, 0.1) is 13.2 Å². The van der Waals surface area contributed by atoms with Crippen LogP contribution < -0.4 is 4.74 Å². The second kappa shape index (κ2) is 6.20. The van der Waals surface area contributed by atoms with Gasteiger partial charge in [0.1, 0.15) is 5.75 Å². The van der Waals surface area contributed by atoms with Crippen LogP contribution >= 0.6 is 0 Å². The summed E-state index contributed by atoms with van der Waals surface area (Å²) in [6.07, 6.45) is 2.32. The molecule has 1 unspecified atom stereocenters. The van der Waals surface area contributed by atoms with Crippen molar-refractivity contribution < 1.29 is 14.9 Å². The van der Waals surface area contributed by atoms with Crippen LogP contribution in [0.5, 0.6) is 11.6 Å². The number of hydrogen-bond acceptors (Lipinski definition) is 4. The molecule has 0 aliphatic heterocycles. The highest BCUT2D eigenvalue weighted by Crippen LogP contribution is 2.14. The van der Waals surface area contributed by atoms with Gasteiger partial charge in [0, 0.05) is 18.7 Å². The van der Waals surface area contributed by atoms with E-state index in [0.717, 1.165) is 11.1 Å². The average molecular weight is 259 g/mol. The number of rotatable bonds is 5. The van der Waals surface area contributed by atoms with Crippen LogP contribution in [0.1, 0.15) is 11.1 Å². The SMILES string of the molecule is COc1ccc(CC(O)Cc2ccc(O)cc2)cn1. The summed E-state index contributed by atoms with van der Waals surface area (Å²) in [4.78, 5) is 4.10. The molecule has 2 rings (SSSR count). The molecule has 1 atom stereocenters. The van der Waals surface area contributed by atoms with Gasteiger partial charge in [-0.2, -0.15) is 0 Å². The van der Waals surface area contributed by atoms with Crippen molar-refractivity contribution >= 4 is 0 Å². The van der Waals surface area contributed by atoms with E-state index in [1.807, 2.05) is 18.2 Å². The molecule has 0 bridgehead atoms. The number of methoxy groups -OCH3 is 1. The van der Waals surface area contributed by atoms with E-state index in [9.17, 15) is 10.2 Å². The topological polar surface area (TPSA) is 62.6 Å². The molecule has 0 radical (unpaired) electrons. The molecule has 0 fully saturated rings. The van der Waals surface area contributed by atoms with Crippen LogP contribution in [-0.4, -0.2) is 28.4 Å². The third-order valence-corrected chi connectivity index (χ3v) is 2.89. The Morgan fingerprint density at radius 2 is 1.68 bits per heavy atom. The first kappa shape index (κ1) is 13.4. The fraction of sp³-hybridized carbons (Fsp3) is 0.267. The zero-order valence-corrected chi connectivity index (χ0v) is 10.8. The summed E-state index contributed by atoms with van der Waals surface area (Å²) >= 11 is 0. The van der Waals surface area contributed by atoms with E-state index >= 15 is 0 Å². The number of pyridine rings is 1. The van der Waals surface area contributed by atoms with Crippen LogP contribution in [0.2, 0.25) is 0 Å². The Balaban J connectivity index is 1.92. The highest BCUT2D eigenvalue weighted by atomic mass is 16.5. The molecule has 0 aliphatic rings. The van der Waals surface area contributed by atoms with Crippen LogP contribution in [0.3, 0.4) is 0 Å². The predicted octanol–water partition coefficient (Wildman–Crippen LogP) is 1.94. The van der Waals surface area contributed by atoms with Gasteiger partial charge in [0.2, 0.25) is 5.88 Å². The molecular weight excluding hydrogens is 242 g/mol. The molecule has 0 spiro atoms. The lowest BCUT2D eigenvalue weighted by Gasteiger charge is -2.11. The Kier molecular flexibility index (Phi) is 4.36. The molecule has 2 aromatic rings. The van der Waals surface area contributed by atoms with E-state index in [1.54, 1.807) is 31.5 Å². The second-order valence-electron chi connectivity index (χ2n) is 4.44. The Morgan fingerprint density at radius 3 is 2.26 bits per heavy atom. The van der Waals surface area contributed by atoms with E-state index in [4.69, 9.17) is 4.74 Å². The van der Waals surface area contributed by atoms with E-state index in [1.165, 1.54) is 0 Å². The largest absolute Gasteiger partial charge is 0.508 e. The molecule has 1 aromatic carbocycles. The van der Waals surface area contributed by atoms with Crippen LogP contribution in [0.25, 0.3) is 0 Å².